The van der Waals surface area contributed by atoms with E-state index in [1.165, 1.54) is 0 Å². The molecule has 118 valence electrons. The first-order valence-corrected chi connectivity index (χ1v) is 8.59. The standard InChI is InChI=1S/C20H15BrN2O/c21-17-11-5-4-10-16(17)18-19(20(24)14-7-2-1-3-8-14)23-12-6-9-15(23)13-22-18/h1-13,18-19H/t18-,19+/m1/s1. The second-order valence-corrected chi connectivity index (χ2v) is 6.61. The fourth-order valence-electron chi connectivity index (χ4n) is 3.17. The van der Waals surface area contributed by atoms with Crippen LogP contribution in [0.4, 0.5) is 0 Å². The van der Waals surface area contributed by atoms with Crippen molar-refractivity contribution in [2.24, 2.45) is 4.99 Å². The lowest BCUT2D eigenvalue weighted by Crippen LogP contribution is -2.29. The fraction of sp³-hybridized carbons (Fsp3) is 0.100. The molecular formula is C20H15BrN2O. The van der Waals surface area contributed by atoms with E-state index in [-0.39, 0.29) is 17.9 Å². The number of nitrogens with zero attached hydrogens (tertiary/aromatic N) is 2. The highest BCUT2D eigenvalue weighted by Gasteiger charge is 2.35. The average molecular weight is 379 g/mol. The zero-order valence-corrected chi connectivity index (χ0v) is 14.4. The molecule has 0 fully saturated rings. The molecule has 24 heavy (non-hydrogen) atoms. The molecule has 4 heteroatoms. The minimum atomic E-state index is -0.388. The average Bonchev–Trinajstić information content (AvgIpc) is 3.10. The van der Waals surface area contributed by atoms with Gasteiger partial charge in [0, 0.05) is 22.4 Å². The van der Waals surface area contributed by atoms with Crippen LogP contribution in [0.5, 0.6) is 0 Å². The van der Waals surface area contributed by atoms with Crippen molar-refractivity contribution < 1.29 is 4.79 Å². The molecule has 3 nitrogen and oxygen atoms in total. The lowest BCUT2D eigenvalue weighted by molar-refractivity contribution is 0.0905. The van der Waals surface area contributed by atoms with Crippen molar-refractivity contribution in [2.45, 2.75) is 12.1 Å². The molecule has 0 saturated heterocycles. The van der Waals surface area contributed by atoms with E-state index in [1.54, 1.807) is 0 Å². The second-order valence-electron chi connectivity index (χ2n) is 5.76. The third-order valence-corrected chi connectivity index (χ3v) is 5.05. The molecule has 0 amide bonds. The van der Waals surface area contributed by atoms with E-state index in [9.17, 15) is 4.79 Å². The Morgan fingerprint density at radius 3 is 2.50 bits per heavy atom. The van der Waals surface area contributed by atoms with Crippen LogP contribution in [0.2, 0.25) is 0 Å². The number of hydrogen-bond donors (Lipinski definition) is 0. The van der Waals surface area contributed by atoms with Gasteiger partial charge >= 0.3 is 0 Å². The topological polar surface area (TPSA) is 34.4 Å². The van der Waals surface area contributed by atoms with Gasteiger partial charge in [0.05, 0.1) is 5.69 Å². The van der Waals surface area contributed by atoms with E-state index in [0.29, 0.717) is 5.56 Å². The second kappa shape index (κ2) is 6.21. The SMILES string of the molecule is O=C(c1ccccc1)[C@@H]1[C@@H](c2ccccc2Br)N=Cc2cccn21. The van der Waals surface area contributed by atoms with Gasteiger partial charge in [-0.05, 0) is 23.8 Å². The molecule has 0 N–H and O–H groups in total. The maximum atomic E-state index is 13.2. The molecule has 0 aliphatic carbocycles. The monoisotopic (exact) mass is 378 g/mol. The molecular weight excluding hydrogens is 364 g/mol. The molecule has 4 rings (SSSR count). The van der Waals surface area contributed by atoms with Gasteiger partial charge in [-0.2, -0.15) is 0 Å². The van der Waals surface area contributed by atoms with Crippen molar-refractivity contribution in [3.63, 3.8) is 0 Å². The minimum Gasteiger partial charge on any atom is -0.333 e. The quantitative estimate of drug-likeness (QED) is 0.599. The van der Waals surface area contributed by atoms with Crippen LogP contribution in [0, 0.1) is 0 Å². The number of halogens is 1. The van der Waals surface area contributed by atoms with Gasteiger partial charge in [0.25, 0.3) is 0 Å². The van der Waals surface area contributed by atoms with Crippen LogP contribution in [0.25, 0.3) is 0 Å². The summed E-state index contributed by atoms with van der Waals surface area (Å²) in [4.78, 5) is 18.0. The normalized spacial score (nSPS) is 19.0. The highest BCUT2D eigenvalue weighted by molar-refractivity contribution is 9.10. The van der Waals surface area contributed by atoms with Crippen LogP contribution in [0.3, 0.4) is 0 Å². The maximum Gasteiger partial charge on any atom is 0.188 e. The third kappa shape index (κ3) is 2.53. The molecule has 0 saturated carbocycles. The summed E-state index contributed by atoms with van der Waals surface area (Å²) in [5.74, 6) is 0.0747. The van der Waals surface area contributed by atoms with Crippen LogP contribution in [0.15, 0.2) is 82.4 Å². The molecule has 0 bridgehead atoms. The molecule has 2 aromatic carbocycles. The zero-order valence-electron chi connectivity index (χ0n) is 12.8. The first-order chi connectivity index (χ1) is 11.8. The Hall–Kier alpha value is -2.46. The van der Waals surface area contributed by atoms with E-state index in [2.05, 4.69) is 15.9 Å². The van der Waals surface area contributed by atoms with Gasteiger partial charge < -0.3 is 4.57 Å². The van der Waals surface area contributed by atoms with Crippen LogP contribution in [-0.4, -0.2) is 16.6 Å². The largest absolute Gasteiger partial charge is 0.333 e. The third-order valence-electron chi connectivity index (χ3n) is 4.33. The molecule has 3 aromatic rings. The van der Waals surface area contributed by atoms with Crippen molar-refractivity contribution in [3.8, 4) is 0 Å². The summed E-state index contributed by atoms with van der Waals surface area (Å²) in [6.45, 7) is 0. The summed E-state index contributed by atoms with van der Waals surface area (Å²) >= 11 is 3.60. The summed E-state index contributed by atoms with van der Waals surface area (Å²) in [6.07, 6.45) is 3.80. The first-order valence-electron chi connectivity index (χ1n) is 7.79. The Morgan fingerprint density at radius 2 is 1.71 bits per heavy atom. The van der Waals surface area contributed by atoms with Gasteiger partial charge in [0.15, 0.2) is 5.78 Å². The number of rotatable bonds is 3. The summed E-state index contributed by atoms with van der Waals surface area (Å²) in [7, 11) is 0. The molecule has 1 aliphatic rings. The van der Waals surface area contributed by atoms with E-state index >= 15 is 0 Å². The van der Waals surface area contributed by atoms with Gasteiger partial charge in [0.1, 0.15) is 12.1 Å². The van der Waals surface area contributed by atoms with Crippen molar-refractivity contribution in [1.82, 2.24) is 4.57 Å². The summed E-state index contributed by atoms with van der Waals surface area (Å²) in [6, 6.07) is 20.7. The minimum absolute atomic E-state index is 0.0747. The van der Waals surface area contributed by atoms with Gasteiger partial charge in [0.2, 0.25) is 0 Å². The lowest BCUT2D eigenvalue weighted by atomic mass is 9.91. The Bertz CT molecular complexity index is 914. The predicted molar refractivity (Wildman–Crippen MR) is 98.7 cm³/mol. The van der Waals surface area contributed by atoms with Gasteiger partial charge in [-0.3, -0.25) is 9.79 Å². The van der Waals surface area contributed by atoms with Crippen molar-refractivity contribution in [3.05, 3.63) is 94.2 Å². The summed E-state index contributed by atoms with van der Waals surface area (Å²) < 4.78 is 2.99. The lowest BCUT2D eigenvalue weighted by Gasteiger charge is -2.30. The smallest absolute Gasteiger partial charge is 0.188 e. The Morgan fingerprint density at radius 1 is 0.958 bits per heavy atom. The number of hydrogen-bond acceptors (Lipinski definition) is 2. The number of benzene rings is 2. The number of carbonyl (C=O) groups excluding carboxylic acids is 1. The molecule has 1 aliphatic heterocycles. The number of carbonyl (C=O) groups is 1. The Labute approximate surface area is 148 Å². The van der Waals surface area contributed by atoms with Crippen molar-refractivity contribution in [1.29, 1.82) is 0 Å². The molecule has 2 atom stereocenters. The van der Waals surface area contributed by atoms with Crippen LogP contribution >= 0.6 is 15.9 Å². The Balaban J connectivity index is 1.84. The van der Waals surface area contributed by atoms with Crippen LogP contribution in [-0.2, 0) is 0 Å². The number of Topliss-reactive ketones (excluding diaryl/α,β-unsaturated/α-hetero) is 1. The highest BCUT2D eigenvalue weighted by Crippen LogP contribution is 2.39. The van der Waals surface area contributed by atoms with Crippen molar-refractivity contribution in [2.75, 3.05) is 0 Å². The van der Waals surface area contributed by atoms with E-state index < -0.39 is 0 Å². The molecule has 0 radical (unpaired) electrons. The molecule has 1 aromatic heterocycles. The number of fused-ring (bicyclic) bond motifs is 1. The maximum absolute atomic E-state index is 13.2. The zero-order chi connectivity index (χ0) is 16.5. The number of ketones is 1. The molecule has 0 spiro atoms. The molecule has 0 unspecified atom stereocenters. The number of aliphatic imine (C=N–C) groups is 1. The van der Waals surface area contributed by atoms with Crippen molar-refractivity contribution >= 4 is 27.9 Å². The fourth-order valence-corrected chi connectivity index (χ4v) is 3.69. The van der Waals surface area contributed by atoms with Gasteiger partial charge in [-0.1, -0.05) is 64.5 Å². The molecule has 2 heterocycles. The van der Waals surface area contributed by atoms with E-state index in [4.69, 9.17) is 4.99 Å². The first kappa shape index (κ1) is 15.1. The van der Waals surface area contributed by atoms with Gasteiger partial charge in [-0.15, -0.1) is 0 Å². The van der Waals surface area contributed by atoms with Crippen LogP contribution in [0.1, 0.15) is 33.7 Å². The predicted octanol–water partition coefficient (Wildman–Crippen LogP) is 4.85. The summed E-state index contributed by atoms with van der Waals surface area (Å²) in [5, 5.41) is 0. The highest BCUT2D eigenvalue weighted by atomic mass is 79.9. The van der Waals surface area contributed by atoms with E-state index in [0.717, 1.165) is 15.7 Å². The van der Waals surface area contributed by atoms with Crippen LogP contribution < -0.4 is 0 Å². The van der Waals surface area contributed by atoms with E-state index in [1.807, 2.05) is 83.7 Å². The number of aromatic nitrogens is 1. The summed E-state index contributed by atoms with van der Waals surface area (Å²) in [5.41, 5.74) is 2.67. The Kier molecular flexibility index (Phi) is 3.90. The van der Waals surface area contributed by atoms with Gasteiger partial charge in [-0.25, -0.2) is 0 Å².